The van der Waals surface area contributed by atoms with Crippen LogP contribution < -0.4 is 0 Å². The van der Waals surface area contributed by atoms with Gasteiger partial charge in [-0.1, -0.05) is 43.3 Å². The van der Waals surface area contributed by atoms with E-state index in [0.717, 1.165) is 28.6 Å². The average molecular weight is 489 g/mol. The van der Waals surface area contributed by atoms with Crippen molar-refractivity contribution in [1.82, 2.24) is 14.4 Å². The number of para-hydroxylation sites is 2. The van der Waals surface area contributed by atoms with Crippen molar-refractivity contribution < 1.29 is 14.3 Å². The quantitative estimate of drug-likeness (QED) is 0.479. The standard InChI is InChI=1S/C27H28N4O3S/c1-2-12-31-26(33)24(35-27(31)28-21-8-4-3-5-9-21)17-20-18-30(23-11-7-6-10-22(20)23)19-25(32)29-13-15-34-16-14-29/h3-11,17-18H,2,12-16,19H2,1H3/b24-17-,28-27?. The van der Waals surface area contributed by atoms with Crippen molar-refractivity contribution in [3.8, 4) is 0 Å². The highest BCUT2D eigenvalue weighted by atomic mass is 32.2. The Morgan fingerprint density at radius 1 is 1.09 bits per heavy atom. The fourth-order valence-electron chi connectivity index (χ4n) is 4.35. The van der Waals surface area contributed by atoms with Crippen molar-refractivity contribution in [3.63, 3.8) is 0 Å². The second kappa shape index (κ2) is 10.5. The van der Waals surface area contributed by atoms with E-state index in [1.807, 2.05) is 76.3 Å². The Hall–Kier alpha value is -3.36. The normalized spacial score (nSPS) is 18.8. The molecule has 2 amide bonds. The molecule has 2 aliphatic rings. The molecule has 0 bridgehead atoms. The van der Waals surface area contributed by atoms with Crippen LogP contribution in [0.1, 0.15) is 18.9 Å². The Morgan fingerprint density at radius 3 is 2.60 bits per heavy atom. The zero-order chi connectivity index (χ0) is 24.2. The first kappa shape index (κ1) is 23.4. The molecular weight excluding hydrogens is 460 g/mol. The van der Waals surface area contributed by atoms with Crippen LogP contribution in [0.2, 0.25) is 0 Å². The molecule has 180 valence electrons. The number of aromatic nitrogens is 1. The number of carbonyl (C=O) groups is 2. The van der Waals surface area contributed by atoms with Gasteiger partial charge in [0, 0.05) is 42.3 Å². The van der Waals surface area contributed by atoms with E-state index in [1.165, 1.54) is 11.8 Å². The molecule has 8 heteroatoms. The van der Waals surface area contributed by atoms with Gasteiger partial charge in [0.15, 0.2) is 5.17 Å². The Kier molecular flexibility index (Phi) is 7.01. The number of amidine groups is 1. The minimum atomic E-state index is -0.0345. The summed E-state index contributed by atoms with van der Waals surface area (Å²) in [6.45, 7) is 5.33. The molecule has 3 heterocycles. The van der Waals surface area contributed by atoms with Crippen molar-refractivity contribution in [2.45, 2.75) is 19.9 Å². The molecule has 2 fully saturated rings. The summed E-state index contributed by atoms with van der Waals surface area (Å²) in [6, 6.07) is 17.7. The third-order valence-corrected chi connectivity index (χ3v) is 7.10. The van der Waals surface area contributed by atoms with Gasteiger partial charge in [0.1, 0.15) is 6.54 Å². The van der Waals surface area contributed by atoms with E-state index in [0.29, 0.717) is 42.9 Å². The summed E-state index contributed by atoms with van der Waals surface area (Å²) in [5, 5.41) is 1.71. The third kappa shape index (κ3) is 5.04. The molecule has 0 aliphatic carbocycles. The zero-order valence-corrected chi connectivity index (χ0v) is 20.5. The maximum absolute atomic E-state index is 13.3. The topological polar surface area (TPSA) is 67.1 Å². The summed E-state index contributed by atoms with van der Waals surface area (Å²) in [6.07, 6.45) is 4.75. The molecule has 0 atom stereocenters. The molecule has 0 unspecified atom stereocenters. The van der Waals surface area contributed by atoms with Crippen LogP contribution in [0.3, 0.4) is 0 Å². The second-order valence-electron chi connectivity index (χ2n) is 8.52. The van der Waals surface area contributed by atoms with Gasteiger partial charge in [-0.3, -0.25) is 14.5 Å². The second-order valence-corrected chi connectivity index (χ2v) is 9.53. The van der Waals surface area contributed by atoms with E-state index >= 15 is 0 Å². The molecule has 3 aromatic rings. The number of aliphatic imine (C=N–C) groups is 1. The van der Waals surface area contributed by atoms with Crippen LogP contribution in [0.25, 0.3) is 17.0 Å². The molecule has 0 saturated carbocycles. The smallest absolute Gasteiger partial charge is 0.266 e. The summed E-state index contributed by atoms with van der Waals surface area (Å²) in [7, 11) is 0. The van der Waals surface area contributed by atoms with Gasteiger partial charge in [-0.05, 0) is 42.5 Å². The van der Waals surface area contributed by atoms with E-state index in [1.54, 1.807) is 4.90 Å². The van der Waals surface area contributed by atoms with Gasteiger partial charge >= 0.3 is 0 Å². The number of carbonyl (C=O) groups excluding carboxylic acids is 2. The lowest BCUT2D eigenvalue weighted by atomic mass is 10.1. The predicted octanol–water partition coefficient (Wildman–Crippen LogP) is 4.51. The first-order chi connectivity index (χ1) is 17.1. The summed E-state index contributed by atoms with van der Waals surface area (Å²) in [4.78, 5) is 35.2. The van der Waals surface area contributed by atoms with Crippen LogP contribution >= 0.6 is 11.8 Å². The molecule has 5 rings (SSSR count). The minimum absolute atomic E-state index is 0.0345. The van der Waals surface area contributed by atoms with E-state index in [-0.39, 0.29) is 18.4 Å². The average Bonchev–Trinajstić information content (AvgIpc) is 3.38. The molecule has 7 nitrogen and oxygen atoms in total. The lowest BCUT2D eigenvalue weighted by Gasteiger charge is -2.27. The number of ether oxygens (including phenoxy) is 1. The largest absolute Gasteiger partial charge is 0.378 e. The van der Waals surface area contributed by atoms with Gasteiger partial charge in [0.2, 0.25) is 5.91 Å². The van der Waals surface area contributed by atoms with Crippen LogP contribution in [0.15, 0.2) is 70.7 Å². The molecule has 2 aromatic carbocycles. The fourth-order valence-corrected chi connectivity index (χ4v) is 5.36. The molecule has 2 aliphatic heterocycles. The summed E-state index contributed by atoms with van der Waals surface area (Å²) in [5.41, 5.74) is 2.71. The van der Waals surface area contributed by atoms with E-state index in [4.69, 9.17) is 9.73 Å². The number of amides is 2. The Balaban J connectivity index is 1.46. The number of thioether (sulfide) groups is 1. The summed E-state index contributed by atoms with van der Waals surface area (Å²) in [5.74, 6) is 0.0405. The lowest BCUT2D eigenvalue weighted by Crippen LogP contribution is -2.42. The molecule has 1 aromatic heterocycles. The molecule has 0 radical (unpaired) electrons. The highest BCUT2D eigenvalue weighted by Crippen LogP contribution is 2.35. The van der Waals surface area contributed by atoms with E-state index < -0.39 is 0 Å². The number of morpholine rings is 1. The maximum Gasteiger partial charge on any atom is 0.266 e. The maximum atomic E-state index is 13.3. The van der Waals surface area contributed by atoms with Gasteiger partial charge in [-0.2, -0.15) is 0 Å². The lowest BCUT2D eigenvalue weighted by molar-refractivity contribution is -0.135. The highest BCUT2D eigenvalue weighted by Gasteiger charge is 2.33. The van der Waals surface area contributed by atoms with Crippen LogP contribution in [-0.4, -0.2) is 64.2 Å². The third-order valence-electron chi connectivity index (χ3n) is 6.09. The monoisotopic (exact) mass is 488 g/mol. The fraction of sp³-hybridized carbons (Fsp3) is 0.296. The van der Waals surface area contributed by atoms with Crippen LogP contribution in [-0.2, 0) is 20.9 Å². The number of hydrogen-bond acceptors (Lipinski definition) is 5. The first-order valence-electron chi connectivity index (χ1n) is 11.9. The van der Waals surface area contributed by atoms with Crippen LogP contribution in [0.4, 0.5) is 5.69 Å². The van der Waals surface area contributed by atoms with Gasteiger partial charge in [-0.15, -0.1) is 0 Å². The van der Waals surface area contributed by atoms with Crippen LogP contribution in [0.5, 0.6) is 0 Å². The van der Waals surface area contributed by atoms with E-state index in [2.05, 4.69) is 6.92 Å². The first-order valence-corrected chi connectivity index (χ1v) is 12.7. The molecule has 0 spiro atoms. The number of fused-ring (bicyclic) bond motifs is 1. The number of nitrogens with zero attached hydrogens (tertiary/aromatic N) is 4. The molecular formula is C27H28N4O3S. The SMILES string of the molecule is CCCN1C(=O)/C(=C/c2cn(CC(=O)N3CCOCC3)c3ccccc23)SC1=Nc1ccccc1. The Morgan fingerprint density at radius 2 is 1.83 bits per heavy atom. The van der Waals surface area contributed by atoms with Crippen molar-refractivity contribution in [3.05, 3.63) is 71.3 Å². The van der Waals surface area contributed by atoms with Crippen LogP contribution in [0, 0.1) is 0 Å². The van der Waals surface area contributed by atoms with Gasteiger partial charge in [0.05, 0.1) is 23.8 Å². The minimum Gasteiger partial charge on any atom is -0.378 e. The van der Waals surface area contributed by atoms with Gasteiger partial charge in [-0.25, -0.2) is 4.99 Å². The number of hydrogen-bond donors (Lipinski definition) is 0. The summed E-state index contributed by atoms with van der Waals surface area (Å²) < 4.78 is 7.35. The van der Waals surface area contributed by atoms with Crippen molar-refractivity contribution in [2.24, 2.45) is 4.99 Å². The summed E-state index contributed by atoms with van der Waals surface area (Å²) >= 11 is 1.40. The molecule has 35 heavy (non-hydrogen) atoms. The predicted molar refractivity (Wildman–Crippen MR) is 140 cm³/mol. The van der Waals surface area contributed by atoms with Gasteiger partial charge in [0.25, 0.3) is 5.91 Å². The highest BCUT2D eigenvalue weighted by molar-refractivity contribution is 8.18. The molecule has 0 N–H and O–H groups in total. The number of rotatable bonds is 6. The Bertz CT molecular complexity index is 1290. The Labute approximate surface area is 209 Å². The zero-order valence-electron chi connectivity index (χ0n) is 19.7. The number of benzene rings is 2. The molecule has 2 saturated heterocycles. The van der Waals surface area contributed by atoms with Crippen molar-refractivity contribution >= 4 is 51.4 Å². The van der Waals surface area contributed by atoms with E-state index in [9.17, 15) is 9.59 Å². The van der Waals surface area contributed by atoms with Gasteiger partial charge < -0.3 is 14.2 Å². The van der Waals surface area contributed by atoms with Crippen molar-refractivity contribution in [2.75, 3.05) is 32.8 Å². The van der Waals surface area contributed by atoms with Crippen molar-refractivity contribution in [1.29, 1.82) is 0 Å².